The molecule has 0 aliphatic heterocycles. The minimum absolute atomic E-state index is 0.134. The van der Waals surface area contributed by atoms with Gasteiger partial charge >= 0.3 is 0 Å². The van der Waals surface area contributed by atoms with Crippen molar-refractivity contribution < 1.29 is 19.4 Å². The number of methoxy groups -OCH3 is 2. The van der Waals surface area contributed by atoms with Gasteiger partial charge in [-0.05, 0) is 54.5 Å². The molecule has 2 aromatic rings. The van der Waals surface area contributed by atoms with Crippen LogP contribution in [0.5, 0.6) is 17.2 Å². The second-order valence-corrected chi connectivity index (χ2v) is 5.40. The highest BCUT2D eigenvalue weighted by Crippen LogP contribution is 2.32. The predicted molar refractivity (Wildman–Crippen MR) is 95.0 cm³/mol. The number of phenolic OH excluding ortho intramolecular Hbond substituents is 1. The van der Waals surface area contributed by atoms with Gasteiger partial charge < -0.3 is 14.6 Å². The first-order valence-corrected chi connectivity index (χ1v) is 7.85. The Morgan fingerprint density at radius 1 is 1.08 bits per heavy atom. The van der Waals surface area contributed by atoms with Crippen LogP contribution in [0.15, 0.2) is 42.5 Å². The summed E-state index contributed by atoms with van der Waals surface area (Å²) in [6.45, 7) is 2.10. The summed E-state index contributed by atoms with van der Waals surface area (Å²) in [5, 5.41) is 9.27. The van der Waals surface area contributed by atoms with Gasteiger partial charge in [0.25, 0.3) is 0 Å². The van der Waals surface area contributed by atoms with E-state index in [1.54, 1.807) is 32.4 Å². The van der Waals surface area contributed by atoms with Gasteiger partial charge in [0, 0.05) is 11.1 Å². The van der Waals surface area contributed by atoms with Crippen LogP contribution in [0.3, 0.4) is 0 Å². The van der Waals surface area contributed by atoms with Crippen molar-refractivity contribution in [3.05, 3.63) is 59.2 Å². The van der Waals surface area contributed by atoms with Crippen molar-refractivity contribution >= 4 is 11.9 Å². The number of carbonyl (C=O) groups is 1. The number of phenols is 1. The van der Waals surface area contributed by atoms with Crippen LogP contribution >= 0.6 is 0 Å². The summed E-state index contributed by atoms with van der Waals surface area (Å²) in [4.78, 5) is 12.2. The standard InChI is InChI=1S/C20H22O4/c1-4-5-17-19(23-2)12-14(13-20(17)24-3)6-11-18(22)15-7-9-16(21)10-8-15/h6-13,21H,4-5H2,1-3H3/b11-6+. The number of ether oxygens (including phenoxy) is 2. The van der Waals surface area contributed by atoms with Crippen LogP contribution in [-0.2, 0) is 6.42 Å². The zero-order valence-corrected chi connectivity index (χ0v) is 14.2. The fourth-order valence-electron chi connectivity index (χ4n) is 2.49. The van der Waals surface area contributed by atoms with E-state index in [1.165, 1.54) is 18.2 Å². The second-order valence-electron chi connectivity index (χ2n) is 5.40. The van der Waals surface area contributed by atoms with Crippen molar-refractivity contribution in [1.82, 2.24) is 0 Å². The number of allylic oxidation sites excluding steroid dienone is 1. The lowest BCUT2D eigenvalue weighted by molar-refractivity contribution is 0.104. The van der Waals surface area contributed by atoms with E-state index in [0.717, 1.165) is 35.5 Å². The average molecular weight is 326 g/mol. The zero-order valence-electron chi connectivity index (χ0n) is 14.2. The molecule has 0 bridgehead atoms. The molecule has 1 N–H and O–H groups in total. The molecule has 2 aromatic carbocycles. The van der Waals surface area contributed by atoms with E-state index in [-0.39, 0.29) is 11.5 Å². The number of ketones is 1. The highest BCUT2D eigenvalue weighted by atomic mass is 16.5. The van der Waals surface area contributed by atoms with Gasteiger partial charge in [0.1, 0.15) is 17.2 Å². The Bertz CT molecular complexity index is 705. The van der Waals surface area contributed by atoms with Crippen molar-refractivity contribution in [3.8, 4) is 17.2 Å². The Kier molecular flexibility index (Phi) is 6.01. The Balaban J connectivity index is 2.28. The molecule has 0 aliphatic carbocycles. The van der Waals surface area contributed by atoms with Gasteiger partial charge in [0.2, 0.25) is 0 Å². The summed E-state index contributed by atoms with van der Waals surface area (Å²) in [6, 6.07) is 9.96. The maximum absolute atomic E-state index is 12.2. The van der Waals surface area contributed by atoms with Gasteiger partial charge in [-0.3, -0.25) is 4.79 Å². The quantitative estimate of drug-likeness (QED) is 0.610. The number of rotatable bonds is 7. The van der Waals surface area contributed by atoms with Crippen molar-refractivity contribution in [1.29, 1.82) is 0 Å². The zero-order chi connectivity index (χ0) is 17.5. The molecule has 4 heteroatoms. The number of aromatic hydroxyl groups is 1. The van der Waals surface area contributed by atoms with Gasteiger partial charge in [-0.2, -0.15) is 0 Å². The SMILES string of the molecule is CCCc1c(OC)cc(/C=C/C(=O)c2ccc(O)cc2)cc1OC. The molecule has 0 fully saturated rings. The Morgan fingerprint density at radius 2 is 1.67 bits per heavy atom. The summed E-state index contributed by atoms with van der Waals surface area (Å²) in [5.41, 5.74) is 2.38. The number of benzene rings is 2. The van der Waals surface area contributed by atoms with Gasteiger partial charge in [0.05, 0.1) is 14.2 Å². The highest BCUT2D eigenvalue weighted by Gasteiger charge is 2.11. The van der Waals surface area contributed by atoms with Crippen LogP contribution < -0.4 is 9.47 Å². The average Bonchev–Trinajstić information content (AvgIpc) is 2.61. The summed E-state index contributed by atoms with van der Waals surface area (Å²) < 4.78 is 10.9. The molecular weight excluding hydrogens is 304 g/mol. The van der Waals surface area contributed by atoms with E-state index < -0.39 is 0 Å². The molecule has 0 spiro atoms. The van der Waals surface area contributed by atoms with Gasteiger partial charge in [0.15, 0.2) is 5.78 Å². The fourth-order valence-corrected chi connectivity index (χ4v) is 2.49. The van der Waals surface area contributed by atoms with Crippen LogP contribution in [0, 0.1) is 0 Å². The molecule has 0 saturated heterocycles. The fraction of sp³-hybridized carbons (Fsp3) is 0.250. The van der Waals surface area contributed by atoms with E-state index in [1.807, 2.05) is 12.1 Å². The van der Waals surface area contributed by atoms with E-state index in [2.05, 4.69) is 6.92 Å². The first kappa shape index (κ1) is 17.6. The third-order valence-corrected chi connectivity index (χ3v) is 3.71. The van der Waals surface area contributed by atoms with Crippen LogP contribution in [0.4, 0.5) is 0 Å². The van der Waals surface area contributed by atoms with Crippen LogP contribution in [0.2, 0.25) is 0 Å². The van der Waals surface area contributed by atoms with Crippen LogP contribution in [0.25, 0.3) is 6.08 Å². The second kappa shape index (κ2) is 8.20. The molecular formula is C20H22O4. The Morgan fingerprint density at radius 3 is 2.17 bits per heavy atom. The first-order chi connectivity index (χ1) is 11.6. The monoisotopic (exact) mass is 326 g/mol. The summed E-state index contributed by atoms with van der Waals surface area (Å²) in [6.07, 6.45) is 5.08. The molecule has 4 nitrogen and oxygen atoms in total. The van der Waals surface area contributed by atoms with Crippen LogP contribution in [0.1, 0.15) is 34.8 Å². The van der Waals surface area contributed by atoms with Crippen molar-refractivity contribution in [3.63, 3.8) is 0 Å². The lowest BCUT2D eigenvalue weighted by Crippen LogP contribution is -1.98. The highest BCUT2D eigenvalue weighted by molar-refractivity contribution is 6.06. The first-order valence-electron chi connectivity index (χ1n) is 7.85. The minimum Gasteiger partial charge on any atom is -0.508 e. The maximum atomic E-state index is 12.2. The lowest BCUT2D eigenvalue weighted by Gasteiger charge is -2.13. The minimum atomic E-state index is -0.134. The molecule has 0 radical (unpaired) electrons. The molecule has 126 valence electrons. The van der Waals surface area contributed by atoms with Crippen LogP contribution in [-0.4, -0.2) is 25.1 Å². The van der Waals surface area contributed by atoms with Crippen molar-refractivity contribution in [2.24, 2.45) is 0 Å². The van der Waals surface area contributed by atoms with E-state index in [9.17, 15) is 9.90 Å². The lowest BCUT2D eigenvalue weighted by atomic mass is 10.0. The molecule has 0 aliphatic rings. The van der Waals surface area contributed by atoms with Crippen molar-refractivity contribution in [2.75, 3.05) is 14.2 Å². The molecule has 24 heavy (non-hydrogen) atoms. The number of hydrogen-bond donors (Lipinski definition) is 1. The van der Waals surface area contributed by atoms with Crippen molar-refractivity contribution in [2.45, 2.75) is 19.8 Å². The molecule has 0 atom stereocenters. The van der Waals surface area contributed by atoms with E-state index in [4.69, 9.17) is 9.47 Å². The van der Waals surface area contributed by atoms with E-state index in [0.29, 0.717) is 5.56 Å². The smallest absolute Gasteiger partial charge is 0.185 e. The summed E-state index contributed by atoms with van der Waals surface area (Å²) >= 11 is 0. The largest absolute Gasteiger partial charge is 0.508 e. The molecule has 0 saturated carbocycles. The van der Waals surface area contributed by atoms with E-state index >= 15 is 0 Å². The van der Waals surface area contributed by atoms with Gasteiger partial charge in [-0.25, -0.2) is 0 Å². The molecule has 0 amide bonds. The molecule has 0 aromatic heterocycles. The molecule has 0 unspecified atom stereocenters. The third-order valence-electron chi connectivity index (χ3n) is 3.71. The normalized spacial score (nSPS) is 10.8. The molecule has 0 heterocycles. The topological polar surface area (TPSA) is 55.8 Å². The Labute approximate surface area is 142 Å². The molecule has 2 rings (SSSR count). The summed E-state index contributed by atoms with van der Waals surface area (Å²) in [5.74, 6) is 1.52. The summed E-state index contributed by atoms with van der Waals surface area (Å²) in [7, 11) is 3.26. The van der Waals surface area contributed by atoms with Gasteiger partial charge in [-0.15, -0.1) is 0 Å². The third kappa shape index (κ3) is 4.16. The van der Waals surface area contributed by atoms with Gasteiger partial charge in [-0.1, -0.05) is 19.4 Å². The Hall–Kier alpha value is -2.75. The maximum Gasteiger partial charge on any atom is 0.185 e. The number of hydrogen-bond acceptors (Lipinski definition) is 4. The number of carbonyl (C=O) groups excluding carboxylic acids is 1. The predicted octanol–water partition coefficient (Wildman–Crippen LogP) is 4.26.